The Balaban J connectivity index is 2.65. The Bertz CT molecular complexity index is 589. The Kier molecular flexibility index (Phi) is 3.10. The highest BCUT2D eigenvalue weighted by Gasteiger charge is 2.06. The smallest absolute Gasteiger partial charge is 0.281 e. The molecule has 0 radical (unpaired) electrons. The standard InChI is InChI=1S/C12H12N2OS/c1-3-8-16-12-13-11(15)9-6-4-5-7-10(9)14(12)2/h3-7H,1,8H2,2H3. The van der Waals surface area contributed by atoms with E-state index in [1.54, 1.807) is 12.1 Å². The van der Waals surface area contributed by atoms with E-state index in [1.807, 2.05) is 29.8 Å². The molecule has 2 aromatic rings. The fraction of sp³-hybridized carbons (Fsp3) is 0.167. The van der Waals surface area contributed by atoms with Crippen molar-refractivity contribution in [1.29, 1.82) is 0 Å². The summed E-state index contributed by atoms with van der Waals surface area (Å²) in [5.41, 5.74) is 0.745. The molecular formula is C12H12N2OS. The third-order valence-corrected chi connectivity index (χ3v) is 3.34. The predicted octanol–water partition coefficient (Wildman–Crippen LogP) is 2.21. The zero-order chi connectivity index (χ0) is 11.5. The maximum absolute atomic E-state index is 11.8. The molecular weight excluding hydrogens is 220 g/mol. The summed E-state index contributed by atoms with van der Waals surface area (Å²) in [5.74, 6) is 0.749. The quantitative estimate of drug-likeness (QED) is 0.462. The second-order valence-corrected chi connectivity index (χ2v) is 4.36. The van der Waals surface area contributed by atoms with Crippen molar-refractivity contribution in [2.75, 3.05) is 5.75 Å². The molecule has 16 heavy (non-hydrogen) atoms. The van der Waals surface area contributed by atoms with Gasteiger partial charge in [-0.3, -0.25) is 4.79 Å². The van der Waals surface area contributed by atoms with Crippen molar-refractivity contribution in [2.45, 2.75) is 5.16 Å². The van der Waals surface area contributed by atoms with Gasteiger partial charge < -0.3 is 4.57 Å². The van der Waals surface area contributed by atoms with E-state index in [1.165, 1.54) is 11.8 Å². The van der Waals surface area contributed by atoms with Crippen LogP contribution in [-0.2, 0) is 7.05 Å². The van der Waals surface area contributed by atoms with Crippen LogP contribution >= 0.6 is 11.8 Å². The Labute approximate surface area is 97.8 Å². The summed E-state index contributed by atoms with van der Waals surface area (Å²) in [5, 5.41) is 1.39. The van der Waals surface area contributed by atoms with Crippen LogP contribution in [0.15, 0.2) is 46.9 Å². The van der Waals surface area contributed by atoms with Crippen LogP contribution in [0, 0.1) is 0 Å². The Morgan fingerprint density at radius 3 is 3.00 bits per heavy atom. The maximum atomic E-state index is 11.8. The molecule has 0 aliphatic heterocycles. The van der Waals surface area contributed by atoms with Crippen molar-refractivity contribution in [2.24, 2.45) is 7.05 Å². The molecule has 0 saturated carbocycles. The monoisotopic (exact) mass is 232 g/mol. The van der Waals surface area contributed by atoms with Crippen LogP contribution < -0.4 is 5.56 Å². The topological polar surface area (TPSA) is 34.9 Å². The highest BCUT2D eigenvalue weighted by atomic mass is 32.2. The Morgan fingerprint density at radius 2 is 2.25 bits per heavy atom. The number of nitrogens with zero attached hydrogens (tertiary/aromatic N) is 2. The molecule has 2 rings (SSSR count). The van der Waals surface area contributed by atoms with Crippen LogP contribution in [0.25, 0.3) is 10.9 Å². The number of aromatic nitrogens is 2. The van der Waals surface area contributed by atoms with Gasteiger partial charge in [0.05, 0.1) is 10.9 Å². The molecule has 82 valence electrons. The largest absolute Gasteiger partial charge is 0.323 e. The van der Waals surface area contributed by atoms with Gasteiger partial charge >= 0.3 is 0 Å². The fourth-order valence-electron chi connectivity index (χ4n) is 1.53. The minimum absolute atomic E-state index is 0.166. The van der Waals surface area contributed by atoms with Crippen LogP contribution in [0.1, 0.15) is 0 Å². The van der Waals surface area contributed by atoms with Crippen LogP contribution in [0.5, 0.6) is 0 Å². The number of rotatable bonds is 3. The van der Waals surface area contributed by atoms with Gasteiger partial charge in [0.2, 0.25) is 0 Å². The molecule has 4 heteroatoms. The van der Waals surface area contributed by atoms with Crippen molar-refractivity contribution < 1.29 is 0 Å². The Morgan fingerprint density at radius 1 is 1.50 bits per heavy atom. The number of thioether (sulfide) groups is 1. The lowest BCUT2D eigenvalue weighted by molar-refractivity contribution is 0.766. The third-order valence-electron chi connectivity index (χ3n) is 2.31. The van der Waals surface area contributed by atoms with Crippen molar-refractivity contribution in [1.82, 2.24) is 9.55 Å². The van der Waals surface area contributed by atoms with Crippen molar-refractivity contribution in [3.8, 4) is 0 Å². The van der Waals surface area contributed by atoms with Gasteiger partial charge in [-0.15, -0.1) is 6.58 Å². The highest BCUT2D eigenvalue weighted by Crippen LogP contribution is 2.17. The predicted molar refractivity (Wildman–Crippen MR) is 67.9 cm³/mol. The first-order valence-corrected chi connectivity index (χ1v) is 5.92. The van der Waals surface area contributed by atoms with Crippen molar-refractivity contribution >= 4 is 22.7 Å². The van der Waals surface area contributed by atoms with Crippen LogP contribution in [-0.4, -0.2) is 15.3 Å². The fourth-order valence-corrected chi connectivity index (χ4v) is 2.24. The molecule has 3 nitrogen and oxygen atoms in total. The zero-order valence-electron chi connectivity index (χ0n) is 9.01. The number of aryl methyl sites for hydroxylation is 1. The van der Waals surface area contributed by atoms with E-state index in [4.69, 9.17) is 0 Å². The van der Waals surface area contributed by atoms with E-state index in [-0.39, 0.29) is 5.56 Å². The second-order valence-electron chi connectivity index (χ2n) is 3.38. The molecule has 0 unspecified atom stereocenters. The average molecular weight is 232 g/mol. The summed E-state index contributed by atoms with van der Waals surface area (Å²) < 4.78 is 1.94. The average Bonchev–Trinajstić information content (AvgIpc) is 2.32. The maximum Gasteiger partial charge on any atom is 0.281 e. The van der Waals surface area contributed by atoms with Gasteiger partial charge in [-0.05, 0) is 12.1 Å². The Hall–Kier alpha value is -1.55. The minimum Gasteiger partial charge on any atom is -0.323 e. The number of benzene rings is 1. The first-order chi connectivity index (χ1) is 7.74. The molecule has 1 heterocycles. The summed E-state index contributed by atoms with van der Waals surface area (Å²) in [4.78, 5) is 15.8. The van der Waals surface area contributed by atoms with Gasteiger partial charge in [-0.2, -0.15) is 4.98 Å². The lowest BCUT2D eigenvalue weighted by Crippen LogP contribution is -2.13. The van der Waals surface area contributed by atoms with Crippen LogP contribution in [0.4, 0.5) is 0 Å². The molecule has 0 aliphatic rings. The van der Waals surface area contributed by atoms with Crippen LogP contribution in [0.3, 0.4) is 0 Å². The zero-order valence-corrected chi connectivity index (χ0v) is 9.83. The van der Waals surface area contributed by atoms with Crippen LogP contribution in [0.2, 0.25) is 0 Å². The molecule has 0 fully saturated rings. The van der Waals surface area contributed by atoms with E-state index in [0.29, 0.717) is 5.39 Å². The third kappa shape index (κ3) is 1.88. The number of para-hydroxylation sites is 1. The molecule has 0 aliphatic carbocycles. The van der Waals surface area contributed by atoms with E-state index < -0.39 is 0 Å². The van der Waals surface area contributed by atoms with E-state index in [0.717, 1.165) is 16.4 Å². The normalized spacial score (nSPS) is 10.6. The number of hydrogen-bond acceptors (Lipinski definition) is 3. The first-order valence-electron chi connectivity index (χ1n) is 4.93. The molecule has 0 atom stereocenters. The van der Waals surface area contributed by atoms with E-state index in [2.05, 4.69) is 11.6 Å². The number of hydrogen-bond donors (Lipinski definition) is 0. The number of fused-ring (bicyclic) bond motifs is 1. The van der Waals surface area contributed by atoms with Gasteiger partial charge in [-0.25, -0.2) is 0 Å². The van der Waals surface area contributed by atoms with E-state index in [9.17, 15) is 4.79 Å². The summed E-state index contributed by atoms with van der Waals surface area (Å²) in [6, 6.07) is 7.49. The van der Waals surface area contributed by atoms with Gasteiger partial charge in [-0.1, -0.05) is 30.0 Å². The molecule has 0 spiro atoms. The molecule has 1 aromatic heterocycles. The lowest BCUT2D eigenvalue weighted by Gasteiger charge is -2.09. The summed E-state index contributed by atoms with van der Waals surface area (Å²) in [7, 11) is 1.92. The molecule has 1 aromatic carbocycles. The van der Waals surface area contributed by atoms with Gasteiger partial charge in [0.25, 0.3) is 5.56 Å². The summed E-state index contributed by atoms with van der Waals surface area (Å²) in [6.07, 6.45) is 1.80. The first kappa shape index (κ1) is 11.0. The van der Waals surface area contributed by atoms with Crippen molar-refractivity contribution in [3.05, 3.63) is 47.3 Å². The van der Waals surface area contributed by atoms with Gasteiger partial charge in [0, 0.05) is 12.8 Å². The van der Waals surface area contributed by atoms with Gasteiger partial charge in [0.15, 0.2) is 5.16 Å². The second kappa shape index (κ2) is 4.53. The molecule has 0 N–H and O–H groups in total. The molecule has 0 amide bonds. The lowest BCUT2D eigenvalue weighted by atomic mass is 10.2. The van der Waals surface area contributed by atoms with Gasteiger partial charge in [0.1, 0.15) is 0 Å². The van der Waals surface area contributed by atoms with E-state index >= 15 is 0 Å². The SMILES string of the molecule is C=CCSc1nc(=O)c2ccccc2n1C. The van der Waals surface area contributed by atoms with Crippen molar-refractivity contribution in [3.63, 3.8) is 0 Å². The summed E-state index contributed by atoms with van der Waals surface area (Å²) >= 11 is 1.51. The highest BCUT2D eigenvalue weighted by molar-refractivity contribution is 7.99. The molecule has 0 saturated heterocycles. The summed E-state index contributed by atoms with van der Waals surface area (Å²) in [6.45, 7) is 3.65. The minimum atomic E-state index is -0.166. The molecule has 0 bridgehead atoms.